The van der Waals surface area contributed by atoms with Gasteiger partial charge in [0, 0.05) is 69.8 Å². The number of anilines is 2. The van der Waals surface area contributed by atoms with E-state index in [1.54, 1.807) is 12.3 Å². The van der Waals surface area contributed by atoms with Crippen molar-refractivity contribution in [2.75, 3.05) is 50.5 Å². The summed E-state index contributed by atoms with van der Waals surface area (Å²) in [6.45, 7) is 7.81. The molecule has 1 fully saturated rings. The average molecular weight is 476 g/mol. The Morgan fingerprint density at radius 1 is 0.971 bits per heavy atom. The minimum atomic E-state index is 0.710. The van der Waals surface area contributed by atoms with Crippen molar-refractivity contribution in [3.63, 3.8) is 0 Å². The number of hydrogen-bond acceptors (Lipinski definition) is 6. The zero-order chi connectivity index (χ0) is 24.1. The van der Waals surface area contributed by atoms with Crippen LogP contribution in [0.15, 0.2) is 61.7 Å². The molecule has 1 aromatic carbocycles. The number of pyridine rings is 2. The largest absolute Gasteiger partial charge is 0.373 e. The van der Waals surface area contributed by atoms with Crippen molar-refractivity contribution < 1.29 is 0 Å². The monoisotopic (exact) mass is 475 g/mol. The lowest BCUT2D eigenvalue weighted by atomic mass is 10.1. The highest BCUT2D eigenvalue weighted by molar-refractivity contribution is 6.34. The summed E-state index contributed by atoms with van der Waals surface area (Å²) in [5.74, 6) is 1.76. The normalized spacial score (nSPS) is 13.9. The Morgan fingerprint density at radius 2 is 1.76 bits per heavy atom. The van der Waals surface area contributed by atoms with Crippen LogP contribution in [0.3, 0.4) is 0 Å². The van der Waals surface area contributed by atoms with Gasteiger partial charge in [-0.05, 0) is 41.8 Å². The molecular formula is C26H30ClN7. The molecule has 1 N–H and O–H groups in total. The molecule has 0 radical (unpaired) electrons. The third kappa shape index (κ3) is 5.38. The quantitative estimate of drug-likeness (QED) is 0.457. The SMILES string of the molecule is C=Cc1ccnc(N2CCN(C)CC2)c1Cl.CNc1cc2cc(-c3cnn(C)c3)ccc2cn1. The van der Waals surface area contributed by atoms with Gasteiger partial charge in [-0.2, -0.15) is 5.10 Å². The van der Waals surface area contributed by atoms with Crippen molar-refractivity contribution in [1.82, 2.24) is 24.6 Å². The van der Waals surface area contributed by atoms with Gasteiger partial charge in [0.1, 0.15) is 11.6 Å². The number of aryl methyl sites for hydroxylation is 1. The lowest BCUT2D eigenvalue weighted by Gasteiger charge is -2.33. The van der Waals surface area contributed by atoms with Crippen molar-refractivity contribution in [2.24, 2.45) is 7.05 Å². The summed E-state index contributed by atoms with van der Waals surface area (Å²) in [6, 6.07) is 10.3. The van der Waals surface area contributed by atoms with E-state index in [9.17, 15) is 0 Å². The molecule has 0 amide bonds. The van der Waals surface area contributed by atoms with Crippen molar-refractivity contribution in [2.45, 2.75) is 0 Å². The van der Waals surface area contributed by atoms with E-state index in [-0.39, 0.29) is 0 Å². The predicted molar refractivity (Wildman–Crippen MR) is 143 cm³/mol. The van der Waals surface area contributed by atoms with Crippen molar-refractivity contribution in [1.29, 1.82) is 0 Å². The minimum Gasteiger partial charge on any atom is -0.373 e. The molecule has 0 aliphatic carbocycles. The van der Waals surface area contributed by atoms with Crippen LogP contribution < -0.4 is 10.2 Å². The Bertz CT molecular complexity index is 1280. The number of nitrogens with one attached hydrogen (secondary N) is 1. The van der Waals surface area contributed by atoms with Crippen molar-refractivity contribution in [3.8, 4) is 11.1 Å². The third-order valence-electron chi connectivity index (χ3n) is 5.94. The molecule has 0 atom stereocenters. The number of halogens is 1. The summed E-state index contributed by atoms with van der Waals surface area (Å²) in [6.07, 6.45) is 9.33. The summed E-state index contributed by atoms with van der Waals surface area (Å²) in [5.41, 5.74) is 3.25. The van der Waals surface area contributed by atoms with Gasteiger partial charge in [0.25, 0.3) is 0 Å². The molecule has 5 rings (SSSR count). The lowest BCUT2D eigenvalue weighted by Crippen LogP contribution is -2.45. The van der Waals surface area contributed by atoms with Gasteiger partial charge in [-0.1, -0.05) is 36.4 Å². The van der Waals surface area contributed by atoms with Crippen LogP contribution in [-0.4, -0.2) is 64.9 Å². The van der Waals surface area contributed by atoms with Gasteiger partial charge in [-0.25, -0.2) is 9.97 Å². The van der Waals surface area contributed by atoms with Gasteiger partial charge >= 0.3 is 0 Å². The van der Waals surface area contributed by atoms with E-state index in [4.69, 9.17) is 11.6 Å². The summed E-state index contributed by atoms with van der Waals surface area (Å²) in [7, 11) is 5.93. The second kappa shape index (κ2) is 10.7. The molecule has 176 valence electrons. The number of fused-ring (bicyclic) bond motifs is 1. The maximum absolute atomic E-state index is 6.29. The Kier molecular flexibility index (Phi) is 7.45. The Labute approximate surface area is 205 Å². The van der Waals surface area contributed by atoms with E-state index in [2.05, 4.69) is 68.1 Å². The van der Waals surface area contributed by atoms with E-state index in [1.807, 2.05) is 43.4 Å². The van der Waals surface area contributed by atoms with Gasteiger partial charge in [0.05, 0.1) is 11.2 Å². The maximum atomic E-state index is 6.29. The summed E-state index contributed by atoms with van der Waals surface area (Å²) < 4.78 is 1.81. The average Bonchev–Trinajstić information content (AvgIpc) is 3.31. The first-order chi connectivity index (χ1) is 16.5. The number of benzene rings is 1. The first kappa shape index (κ1) is 23.7. The molecule has 0 bridgehead atoms. The molecule has 1 aliphatic heterocycles. The Morgan fingerprint density at radius 3 is 2.44 bits per heavy atom. The lowest BCUT2D eigenvalue weighted by molar-refractivity contribution is 0.312. The molecule has 4 aromatic rings. The molecule has 0 saturated carbocycles. The minimum absolute atomic E-state index is 0.710. The molecule has 0 unspecified atom stereocenters. The van der Waals surface area contributed by atoms with E-state index in [0.29, 0.717) is 5.02 Å². The van der Waals surface area contributed by atoms with Crippen LogP contribution in [0.2, 0.25) is 5.02 Å². The first-order valence-corrected chi connectivity index (χ1v) is 11.6. The van der Waals surface area contributed by atoms with Crippen LogP contribution in [0.5, 0.6) is 0 Å². The van der Waals surface area contributed by atoms with E-state index < -0.39 is 0 Å². The van der Waals surface area contributed by atoms with Gasteiger partial charge in [-0.15, -0.1) is 0 Å². The smallest absolute Gasteiger partial charge is 0.148 e. The van der Waals surface area contributed by atoms with Gasteiger partial charge < -0.3 is 15.1 Å². The third-order valence-corrected chi connectivity index (χ3v) is 6.33. The Balaban J connectivity index is 0.000000162. The van der Waals surface area contributed by atoms with Crippen LogP contribution in [-0.2, 0) is 7.05 Å². The topological polar surface area (TPSA) is 62.1 Å². The van der Waals surface area contributed by atoms with E-state index in [1.165, 1.54) is 10.9 Å². The number of piperazine rings is 1. The van der Waals surface area contributed by atoms with Gasteiger partial charge in [0.2, 0.25) is 0 Å². The van der Waals surface area contributed by atoms with Crippen molar-refractivity contribution >= 4 is 40.1 Å². The van der Waals surface area contributed by atoms with Crippen LogP contribution in [0, 0.1) is 0 Å². The highest BCUT2D eigenvalue weighted by Gasteiger charge is 2.18. The summed E-state index contributed by atoms with van der Waals surface area (Å²) >= 11 is 6.29. The molecule has 1 saturated heterocycles. The second-order valence-electron chi connectivity index (χ2n) is 8.32. The fourth-order valence-corrected chi connectivity index (χ4v) is 4.18. The van der Waals surface area contributed by atoms with Crippen LogP contribution >= 0.6 is 11.6 Å². The highest BCUT2D eigenvalue weighted by Crippen LogP contribution is 2.28. The molecule has 7 nitrogen and oxygen atoms in total. The second-order valence-corrected chi connectivity index (χ2v) is 8.69. The molecule has 34 heavy (non-hydrogen) atoms. The van der Waals surface area contributed by atoms with Crippen molar-refractivity contribution in [3.05, 3.63) is 72.3 Å². The summed E-state index contributed by atoms with van der Waals surface area (Å²) in [5, 5.41) is 10.3. The van der Waals surface area contributed by atoms with Crippen LogP contribution in [0.1, 0.15) is 5.56 Å². The van der Waals surface area contributed by atoms with Gasteiger partial charge in [0.15, 0.2) is 0 Å². The van der Waals surface area contributed by atoms with E-state index >= 15 is 0 Å². The number of likely N-dealkylation sites (N-methyl/N-ethyl adjacent to an activating group) is 1. The Hall–Kier alpha value is -3.42. The molecule has 1 aliphatic rings. The van der Waals surface area contributed by atoms with Gasteiger partial charge in [-0.3, -0.25) is 4.68 Å². The fraction of sp³-hybridized carbons (Fsp3) is 0.269. The molecular weight excluding hydrogens is 446 g/mol. The molecule has 0 spiro atoms. The zero-order valence-corrected chi connectivity index (χ0v) is 20.6. The highest BCUT2D eigenvalue weighted by atomic mass is 35.5. The maximum Gasteiger partial charge on any atom is 0.148 e. The predicted octanol–water partition coefficient (Wildman–Crippen LogP) is 4.81. The number of rotatable bonds is 4. The molecule has 4 heterocycles. The fourth-order valence-electron chi connectivity index (χ4n) is 3.87. The number of nitrogens with zero attached hydrogens (tertiary/aromatic N) is 6. The molecule has 8 heteroatoms. The zero-order valence-electron chi connectivity index (χ0n) is 19.9. The summed E-state index contributed by atoms with van der Waals surface area (Å²) in [4.78, 5) is 13.2. The van der Waals surface area contributed by atoms with Crippen LogP contribution in [0.25, 0.3) is 28.0 Å². The van der Waals surface area contributed by atoms with E-state index in [0.717, 1.165) is 54.3 Å². The van der Waals surface area contributed by atoms with Crippen LogP contribution in [0.4, 0.5) is 11.6 Å². The number of aromatic nitrogens is 4. The molecule has 3 aromatic heterocycles. The number of hydrogen-bond donors (Lipinski definition) is 1. The first-order valence-electron chi connectivity index (χ1n) is 11.3. The standard InChI is InChI=1S/C14H14N4.C12H16ClN3/c1-15-14-6-12-5-10(3-4-11(12)7-16-14)13-8-17-18(2)9-13;1-3-10-4-5-14-12(11(10)13)16-8-6-15(2)7-9-16/h3-9H,1-2H3,(H,15,16);3-5H,1,6-9H2,2H3.